The largest absolute Gasteiger partial charge is 0.502 e. The second-order valence-electron chi connectivity index (χ2n) is 5.65. The number of rotatable bonds is 7. The third kappa shape index (κ3) is 5.01. The Morgan fingerprint density at radius 3 is 2.35 bits per heavy atom. The average Bonchev–Trinajstić information content (AvgIpc) is 2.96. The smallest absolute Gasteiger partial charge is 0.200 e. The third-order valence-electron chi connectivity index (χ3n) is 3.78. The summed E-state index contributed by atoms with van der Waals surface area (Å²) in [4.78, 5) is 10.3. The van der Waals surface area contributed by atoms with Crippen molar-refractivity contribution in [2.24, 2.45) is 4.99 Å². The van der Waals surface area contributed by atoms with Crippen molar-refractivity contribution < 1.29 is 14.6 Å². The lowest BCUT2D eigenvalue weighted by molar-refractivity contribution is 0.339. The quantitative estimate of drug-likeness (QED) is 0.507. The summed E-state index contributed by atoms with van der Waals surface area (Å²) >= 11 is 1.68. The third-order valence-corrected chi connectivity index (χ3v) is 4.86. The second-order valence-corrected chi connectivity index (χ2v) is 6.93. The lowest BCUT2D eigenvalue weighted by Crippen LogP contribution is -2.36. The maximum atomic E-state index is 9.99. The highest BCUT2D eigenvalue weighted by atomic mass is 32.1. The summed E-state index contributed by atoms with van der Waals surface area (Å²) < 4.78 is 10.4. The zero-order valence-corrected chi connectivity index (χ0v) is 16.7. The number of nitrogens with zero attached hydrogens (tertiary/aromatic N) is 2. The van der Waals surface area contributed by atoms with Gasteiger partial charge in [-0.3, -0.25) is 0 Å². The molecule has 0 radical (unpaired) electrons. The predicted molar refractivity (Wildman–Crippen MR) is 104 cm³/mol. The van der Waals surface area contributed by atoms with Crippen LogP contribution in [0.25, 0.3) is 0 Å². The van der Waals surface area contributed by atoms with Crippen molar-refractivity contribution in [3.05, 3.63) is 33.3 Å². The van der Waals surface area contributed by atoms with Gasteiger partial charge in [-0.15, -0.1) is 11.3 Å². The molecular weight excluding hydrogens is 352 g/mol. The maximum absolute atomic E-state index is 9.99. The normalized spacial score (nSPS) is 11.3. The summed E-state index contributed by atoms with van der Waals surface area (Å²) in [5.74, 6) is 1.41. The van der Waals surface area contributed by atoms with Crippen molar-refractivity contribution in [1.82, 2.24) is 15.6 Å². The van der Waals surface area contributed by atoms with Gasteiger partial charge in [0.1, 0.15) is 5.01 Å². The van der Waals surface area contributed by atoms with Crippen molar-refractivity contribution in [3.8, 4) is 17.2 Å². The van der Waals surface area contributed by atoms with E-state index in [1.807, 2.05) is 13.8 Å². The van der Waals surface area contributed by atoms with Crippen LogP contribution in [0.2, 0.25) is 0 Å². The summed E-state index contributed by atoms with van der Waals surface area (Å²) in [5.41, 5.74) is 1.94. The molecule has 1 aromatic heterocycles. The van der Waals surface area contributed by atoms with Gasteiger partial charge in [0, 0.05) is 11.4 Å². The van der Waals surface area contributed by atoms with Gasteiger partial charge in [0.25, 0.3) is 0 Å². The zero-order chi connectivity index (χ0) is 19.1. The highest BCUT2D eigenvalue weighted by Gasteiger charge is 2.11. The number of hydrogen-bond acceptors (Lipinski definition) is 6. The molecule has 7 nitrogen and oxygen atoms in total. The highest BCUT2D eigenvalue weighted by Crippen LogP contribution is 2.37. The van der Waals surface area contributed by atoms with Crippen LogP contribution in [-0.4, -0.2) is 36.8 Å². The molecule has 0 atom stereocenters. The van der Waals surface area contributed by atoms with E-state index >= 15 is 0 Å². The second kappa shape index (κ2) is 9.28. The van der Waals surface area contributed by atoms with E-state index in [0.29, 0.717) is 30.5 Å². The van der Waals surface area contributed by atoms with Crippen LogP contribution in [0.4, 0.5) is 0 Å². The van der Waals surface area contributed by atoms with Gasteiger partial charge in [0.05, 0.1) is 33.0 Å². The Kier molecular flexibility index (Phi) is 7.08. The number of guanidine groups is 1. The van der Waals surface area contributed by atoms with Crippen LogP contribution < -0.4 is 20.1 Å². The first-order chi connectivity index (χ1) is 12.5. The standard InChI is InChI=1S/C18H26N4O3S/c1-6-19-18(21-10-16-22-11(2)12(3)26-16)20-9-13-7-14(24-4)17(23)15(8-13)25-5/h7-8,23H,6,9-10H2,1-5H3,(H2,19,20,21). The SMILES string of the molecule is CCNC(=NCc1cc(OC)c(O)c(OC)c1)NCc1nc(C)c(C)s1. The summed E-state index contributed by atoms with van der Waals surface area (Å²) in [5, 5.41) is 17.5. The van der Waals surface area contributed by atoms with Gasteiger partial charge in [-0.05, 0) is 38.5 Å². The Morgan fingerprint density at radius 1 is 1.19 bits per heavy atom. The molecule has 0 saturated carbocycles. The Morgan fingerprint density at radius 2 is 1.85 bits per heavy atom. The maximum Gasteiger partial charge on any atom is 0.200 e. The molecule has 3 N–H and O–H groups in total. The van der Waals surface area contributed by atoms with E-state index in [-0.39, 0.29) is 5.75 Å². The van der Waals surface area contributed by atoms with Gasteiger partial charge in [-0.2, -0.15) is 0 Å². The van der Waals surface area contributed by atoms with Gasteiger partial charge in [-0.1, -0.05) is 0 Å². The molecule has 8 heteroatoms. The van der Waals surface area contributed by atoms with Crippen LogP contribution in [0.5, 0.6) is 17.2 Å². The first-order valence-corrected chi connectivity index (χ1v) is 9.19. The lowest BCUT2D eigenvalue weighted by Gasteiger charge is -2.12. The minimum absolute atomic E-state index is 0.0118. The summed E-state index contributed by atoms with van der Waals surface area (Å²) in [7, 11) is 3.01. The molecule has 26 heavy (non-hydrogen) atoms. The minimum atomic E-state index is -0.0118. The van der Waals surface area contributed by atoms with E-state index in [9.17, 15) is 5.11 Å². The summed E-state index contributed by atoms with van der Waals surface area (Å²) in [6.45, 7) is 7.89. The summed E-state index contributed by atoms with van der Waals surface area (Å²) in [6, 6.07) is 3.50. The van der Waals surface area contributed by atoms with Crippen LogP contribution in [0.1, 0.15) is 28.1 Å². The molecule has 2 rings (SSSR count). The van der Waals surface area contributed by atoms with Crippen molar-refractivity contribution in [2.75, 3.05) is 20.8 Å². The number of hydrogen-bond donors (Lipinski definition) is 3. The van der Waals surface area contributed by atoms with Gasteiger partial charge in [0.15, 0.2) is 17.5 Å². The number of nitrogens with one attached hydrogen (secondary N) is 2. The molecule has 0 amide bonds. The van der Waals surface area contributed by atoms with E-state index in [2.05, 4.69) is 27.5 Å². The number of aromatic hydroxyl groups is 1. The van der Waals surface area contributed by atoms with Crippen LogP contribution in [0.3, 0.4) is 0 Å². The van der Waals surface area contributed by atoms with E-state index in [1.165, 1.54) is 19.1 Å². The number of phenolic OH excluding ortho intramolecular Hbond substituents is 1. The number of benzene rings is 1. The number of phenols is 1. The van der Waals surface area contributed by atoms with Crippen molar-refractivity contribution in [2.45, 2.75) is 33.9 Å². The van der Waals surface area contributed by atoms with Crippen molar-refractivity contribution in [1.29, 1.82) is 0 Å². The number of methoxy groups -OCH3 is 2. The van der Waals surface area contributed by atoms with Crippen LogP contribution in [0, 0.1) is 13.8 Å². The molecule has 0 unspecified atom stereocenters. The number of aliphatic imine (C=N–C) groups is 1. The molecule has 0 aliphatic rings. The van der Waals surface area contributed by atoms with Gasteiger partial charge in [0.2, 0.25) is 5.75 Å². The molecule has 0 saturated heterocycles. The molecule has 1 heterocycles. The zero-order valence-electron chi connectivity index (χ0n) is 15.8. The monoisotopic (exact) mass is 378 g/mol. The number of aryl methyl sites for hydroxylation is 2. The van der Waals surface area contributed by atoms with Crippen LogP contribution in [-0.2, 0) is 13.1 Å². The topological polar surface area (TPSA) is 88.0 Å². The minimum Gasteiger partial charge on any atom is -0.502 e. The Labute approximate surface area is 158 Å². The number of thiazole rings is 1. The van der Waals surface area contributed by atoms with Crippen molar-refractivity contribution in [3.63, 3.8) is 0 Å². The molecule has 1 aromatic carbocycles. The highest BCUT2D eigenvalue weighted by molar-refractivity contribution is 7.11. The fourth-order valence-electron chi connectivity index (χ4n) is 2.33. The molecule has 0 aliphatic carbocycles. The molecular formula is C18H26N4O3S. The van der Waals surface area contributed by atoms with Crippen LogP contribution >= 0.6 is 11.3 Å². The van der Waals surface area contributed by atoms with Crippen LogP contribution in [0.15, 0.2) is 17.1 Å². The first-order valence-electron chi connectivity index (χ1n) is 8.37. The Hall–Kier alpha value is -2.48. The molecule has 0 aliphatic heterocycles. The van der Waals surface area contributed by atoms with E-state index < -0.39 is 0 Å². The fraction of sp³-hybridized carbons (Fsp3) is 0.444. The molecule has 2 aromatic rings. The molecule has 0 bridgehead atoms. The Bertz CT molecular complexity index is 729. The molecule has 0 fully saturated rings. The van der Waals surface area contributed by atoms with E-state index in [1.54, 1.807) is 23.5 Å². The van der Waals surface area contributed by atoms with Gasteiger partial charge in [-0.25, -0.2) is 9.98 Å². The molecule has 0 spiro atoms. The number of ether oxygens (including phenoxy) is 2. The van der Waals surface area contributed by atoms with Crippen molar-refractivity contribution >= 4 is 17.3 Å². The first kappa shape index (κ1) is 19.8. The van der Waals surface area contributed by atoms with E-state index in [0.717, 1.165) is 22.8 Å². The summed E-state index contributed by atoms with van der Waals surface area (Å²) in [6.07, 6.45) is 0. The fourth-order valence-corrected chi connectivity index (χ4v) is 3.20. The Balaban J connectivity index is 2.10. The van der Waals surface area contributed by atoms with Gasteiger partial charge >= 0.3 is 0 Å². The lowest BCUT2D eigenvalue weighted by atomic mass is 10.2. The van der Waals surface area contributed by atoms with E-state index in [4.69, 9.17) is 9.47 Å². The number of aromatic nitrogens is 1. The predicted octanol–water partition coefficient (Wildman–Crippen LogP) is 2.74. The van der Waals surface area contributed by atoms with Gasteiger partial charge < -0.3 is 25.2 Å². The average molecular weight is 378 g/mol. The molecule has 142 valence electrons.